The summed E-state index contributed by atoms with van der Waals surface area (Å²) in [6.07, 6.45) is 6.32. The van der Waals surface area contributed by atoms with Gasteiger partial charge in [-0.3, -0.25) is 0 Å². The fraction of sp³-hybridized carbons (Fsp3) is 0.480. The van der Waals surface area contributed by atoms with E-state index in [0.29, 0.717) is 39.5 Å². The average molecular weight is 492 g/mol. The number of thiazole rings is 1. The summed E-state index contributed by atoms with van der Waals surface area (Å²) in [6, 6.07) is 7.48. The van der Waals surface area contributed by atoms with Gasteiger partial charge >= 0.3 is 0 Å². The Morgan fingerprint density at radius 3 is 2.80 bits per heavy atom. The number of benzene rings is 1. The lowest BCUT2D eigenvalue weighted by molar-refractivity contribution is 0.0383. The number of nitrogens with one attached hydrogen (secondary N) is 1. The van der Waals surface area contributed by atoms with Crippen LogP contribution in [0.4, 0.5) is 10.3 Å². The summed E-state index contributed by atoms with van der Waals surface area (Å²) in [5.74, 6) is 0.481. The van der Waals surface area contributed by atoms with Crippen molar-refractivity contribution in [3.63, 3.8) is 0 Å². The lowest BCUT2D eigenvalue weighted by Crippen LogP contribution is -2.69. The predicted octanol–water partition coefficient (Wildman–Crippen LogP) is 4.22. The number of halogens is 1. The number of aromatic nitrogens is 4. The van der Waals surface area contributed by atoms with Crippen molar-refractivity contribution in [1.82, 2.24) is 25.5 Å². The van der Waals surface area contributed by atoms with Crippen LogP contribution in [0.3, 0.4) is 0 Å². The van der Waals surface area contributed by atoms with Crippen molar-refractivity contribution in [2.75, 3.05) is 4.90 Å². The van der Waals surface area contributed by atoms with Crippen molar-refractivity contribution < 1.29 is 9.50 Å². The third-order valence-electron chi connectivity index (χ3n) is 7.50. The first-order valence-corrected chi connectivity index (χ1v) is 12.9. The fourth-order valence-corrected chi connectivity index (χ4v) is 6.24. The summed E-state index contributed by atoms with van der Waals surface area (Å²) in [5, 5.41) is 34.1. The number of hydrogen-bond donors (Lipinski definition) is 2. The fourth-order valence-electron chi connectivity index (χ4n) is 5.62. The number of hydrogen-bond acceptors (Lipinski definition) is 9. The number of phenols is 1. The molecule has 0 unspecified atom stereocenters. The van der Waals surface area contributed by atoms with E-state index in [-0.39, 0.29) is 17.8 Å². The minimum absolute atomic E-state index is 0.0276. The second kappa shape index (κ2) is 8.50. The molecule has 180 valence electrons. The van der Waals surface area contributed by atoms with Crippen molar-refractivity contribution in [2.24, 2.45) is 0 Å². The number of phenolic OH excluding ortho intramolecular Hbond substituents is 1. The Balaban J connectivity index is 1.26. The zero-order valence-electron chi connectivity index (χ0n) is 19.4. The van der Waals surface area contributed by atoms with Gasteiger partial charge in [-0.2, -0.15) is 5.26 Å². The SMILES string of the molecule is C[C@@]12CCC[C@@H](C[C@H](N(c3ncc(-c4ccc(-c5csc(C#N)n5)cc4O)nn3)C3CC3)[C@@H]1F)N2. The van der Waals surface area contributed by atoms with E-state index in [1.54, 1.807) is 23.7 Å². The van der Waals surface area contributed by atoms with Gasteiger partial charge in [-0.05, 0) is 57.6 Å². The lowest BCUT2D eigenvalue weighted by Gasteiger charge is -2.52. The van der Waals surface area contributed by atoms with Crippen molar-refractivity contribution in [3.8, 4) is 34.3 Å². The van der Waals surface area contributed by atoms with Crippen LogP contribution in [0.15, 0.2) is 29.8 Å². The van der Waals surface area contributed by atoms with E-state index in [2.05, 4.69) is 30.4 Å². The Morgan fingerprint density at radius 1 is 1.26 bits per heavy atom. The Morgan fingerprint density at radius 2 is 2.11 bits per heavy atom. The van der Waals surface area contributed by atoms with Gasteiger partial charge in [0.15, 0.2) is 5.01 Å². The molecular weight excluding hydrogens is 465 g/mol. The standard InChI is InChI=1S/C25H26FN7OS/c1-25-8-2-3-15(30-25)10-20(23(25)26)33(16-5-6-16)24-28-12-18(31-32-24)17-7-4-14(9-21(17)34)19-13-35-22(11-27)29-19/h4,7,9,12-13,15-16,20,23,30,34H,2-3,5-6,8,10H2,1H3/t15-,20-,23-,25+/m0/s1. The van der Waals surface area contributed by atoms with E-state index in [4.69, 9.17) is 5.26 Å². The molecule has 2 aromatic heterocycles. The molecule has 6 rings (SSSR count). The van der Waals surface area contributed by atoms with Crippen LogP contribution in [-0.2, 0) is 0 Å². The van der Waals surface area contributed by atoms with Gasteiger partial charge in [-0.1, -0.05) is 6.07 Å². The highest BCUT2D eigenvalue weighted by Crippen LogP contribution is 2.42. The highest BCUT2D eigenvalue weighted by atomic mass is 32.1. The molecule has 3 aliphatic rings. The van der Waals surface area contributed by atoms with Gasteiger partial charge in [-0.25, -0.2) is 14.4 Å². The second-order valence-corrected chi connectivity index (χ2v) is 10.9. The van der Waals surface area contributed by atoms with Gasteiger partial charge in [0.2, 0.25) is 5.95 Å². The van der Waals surface area contributed by atoms with Crippen LogP contribution in [0.2, 0.25) is 0 Å². The molecule has 0 radical (unpaired) electrons. The first kappa shape index (κ1) is 22.3. The molecule has 8 nitrogen and oxygen atoms in total. The predicted molar refractivity (Wildman–Crippen MR) is 131 cm³/mol. The molecule has 4 heterocycles. The molecule has 1 aromatic carbocycles. The maximum atomic E-state index is 15.8. The summed E-state index contributed by atoms with van der Waals surface area (Å²) < 4.78 is 15.8. The van der Waals surface area contributed by atoms with E-state index in [1.165, 1.54) is 11.3 Å². The summed E-state index contributed by atoms with van der Waals surface area (Å²) >= 11 is 1.26. The first-order chi connectivity index (χ1) is 16.9. The Bertz CT molecular complexity index is 1290. The molecule has 0 spiro atoms. The van der Waals surface area contributed by atoms with Gasteiger partial charge in [0, 0.05) is 34.1 Å². The van der Waals surface area contributed by atoms with E-state index >= 15 is 4.39 Å². The van der Waals surface area contributed by atoms with Crippen LogP contribution in [0, 0.1) is 11.3 Å². The summed E-state index contributed by atoms with van der Waals surface area (Å²) in [4.78, 5) is 10.9. The second-order valence-electron chi connectivity index (χ2n) is 10.0. The number of nitriles is 1. The van der Waals surface area contributed by atoms with Crippen molar-refractivity contribution in [3.05, 3.63) is 34.8 Å². The zero-order valence-corrected chi connectivity index (χ0v) is 20.2. The topological polar surface area (TPSA) is 111 Å². The molecule has 4 atom stereocenters. The number of piperidine rings is 2. The Labute approximate surface area is 206 Å². The van der Waals surface area contributed by atoms with Crippen LogP contribution in [-0.4, -0.2) is 55.1 Å². The lowest BCUT2D eigenvalue weighted by atomic mass is 9.73. The largest absolute Gasteiger partial charge is 0.507 e. The van der Waals surface area contributed by atoms with E-state index in [9.17, 15) is 5.11 Å². The highest BCUT2D eigenvalue weighted by molar-refractivity contribution is 7.10. The van der Waals surface area contributed by atoms with Gasteiger partial charge in [0.05, 0.1) is 17.9 Å². The van der Waals surface area contributed by atoms with Gasteiger partial charge in [0.1, 0.15) is 23.7 Å². The molecule has 2 saturated heterocycles. The summed E-state index contributed by atoms with van der Waals surface area (Å²) in [5.41, 5.74) is 1.77. The molecule has 2 N–H and O–H groups in total. The quantitative estimate of drug-likeness (QED) is 0.546. The molecule has 2 aliphatic heterocycles. The van der Waals surface area contributed by atoms with Gasteiger partial charge in [0.25, 0.3) is 0 Å². The van der Waals surface area contributed by atoms with Crippen molar-refractivity contribution in [2.45, 2.75) is 75.3 Å². The number of aromatic hydroxyl groups is 1. The molecule has 1 saturated carbocycles. The molecule has 3 fully saturated rings. The van der Waals surface area contributed by atoms with Crippen LogP contribution in [0.25, 0.3) is 22.5 Å². The highest BCUT2D eigenvalue weighted by Gasteiger charge is 2.52. The number of nitrogens with zero attached hydrogens (tertiary/aromatic N) is 6. The number of alkyl halides is 1. The maximum Gasteiger partial charge on any atom is 0.245 e. The molecule has 35 heavy (non-hydrogen) atoms. The minimum Gasteiger partial charge on any atom is -0.507 e. The molecule has 3 aromatic rings. The number of rotatable bonds is 5. The zero-order chi connectivity index (χ0) is 24.2. The van der Waals surface area contributed by atoms with E-state index in [1.807, 2.05) is 19.1 Å². The Hall–Kier alpha value is -3.16. The van der Waals surface area contributed by atoms with Gasteiger partial charge < -0.3 is 15.3 Å². The monoisotopic (exact) mass is 491 g/mol. The third kappa shape index (κ3) is 4.02. The molecule has 1 aliphatic carbocycles. The third-order valence-corrected chi connectivity index (χ3v) is 8.25. The van der Waals surface area contributed by atoms with Crippen LogP contribution in [0.1, 0.15) is 50.5 Å². The normalized spacial score (nSPS) is 27.9. The molecule has 2 bridgehead atoms. The Kier molecular flexibility index (Phi) is 5.42. The first-order valence-electron chi connectivity index (χ1n) is 12.0. The average Bonchev–Trinajstić information content (AvgIpc) is 3.57. The molecule has 0 amide bonds. The molecule has 10 heteroatoms. The number of anilines is 1. The van der Waals surface area contributed by atoms with E-state index < -0.39 is 11.7 Å². The van der Waals surface area contributed by atoms with Crippen LogP contribution in [0.5, 0.6) is 5.75 Å². The van der Waals surface area contributed by atoms with E-state index in [0.717, 1.165) is 38.5 Å². The summed E-state index contributed by atoms with van der Waals surface area (Å²) in [7, 11) is 0. The van der Waals surface area contributed by atoms with Crippen molar-refractivity contribution >= 4 is 17.3 Å². The molecular formula is C25H26FN7OS. The minimum atomic E-state index is -1.01. The maximum absolute atomic E-state index is 15.8. The summed E-state index contributed by atoms with van der Waals surface area (Å²) in [6.45, 7) is 2.00. The van der Waals surface area contributed by atoms with Crippen molar-refractivity contribution in [1.29, 1.82) is 5.26 Å². The van der Waals surface area contributed by atoms with Crippen LogP contribution >= 0.6 is 11.3 Å². The smallest absolute Gasteiger partial charge is 0.245 e. The van der Waals surface area contributed by atoms with Gasteiger partial charge in [-0.15, -0.1) is 21.5 Å². The van der Waals surface area contributed by atoms with Crippen LogP contribution < -0.4 is 10.2 Å². The number of fused-ring (bicyclic) bond motifs is 2.